The molecular formula is C6H10F2O. The first-order valence-corrected chi connectivity index (χ1v) is 3.13. The number of alkyl halides is 2. The highest BCUT2D eigenvalue weighted by atomic mass is 19.2. The fourth-order valence-corrected chi connectivity index (χ4v) is 1.18. The molecule has 1 fully saturated rings. The molecule has 1 N–H and O–H groups in total. The van der Waals surface area contributed by atoms with Gasteiger partial charge in [0.25, 0.3) is 0 Å². The molecule has 1 aliphatic rings. The second-order valence-corrected chi connectivity index (χ2v) is 2.55. The van der Waals surface area contributed by atoms with Gasteiger partial charge in [-0.1, -0.05) is 0 Å². The van der Waals surface area contributed by atoms with Crippen LogP contribution in [0.1, 0.15) is 12.8 Å². The third-order valence-corrected chi connectivity index (χ3v) is 1.77. The number of aliphatic hydroxyl groups excluding tert-OH is 1. The summed E-state index contributed by atoms with van der Waals surface area (Å²) in [5, 5.41) is 8.47. The molecule has 0 radical (unpaired) electrons. The van der Waals surface area contributed by atoms with Gasteiger partial charge in [0.05, 0.1) is 0 Å². The fourth-order valence-electron chi connectivity index (χ4n) is 1.18. The SMILES string of the molecule is OC[C@@H]1C[C@@H](F)[C@@H](F)C1. The number of halogens is 2. The van der Waals surface area contributed by atoms with Crippen molar-refractivity contribution in [3.63, 3.8) is 0 Å². The molecule has 1 rings (SSSR count). The van der Waals surface area contributed by atoms with Crippen LogP contribution in [-0.4, -0.2) is 24.1 Å². The minimum atomic E-state index is -1.33. The van der Waals surface area contributed by atoms with Crippen molar-refractivity contribution in [1.82, 2.24) is 0 Å². The molecule has 0 saturated heterocycles. The highest BCUT2D eigenvalue weighted by Crippen LogP contribution is 2.29. The minimum absolute atomic E-state index is 0.0825. The van der Waals surface area contributed by atoms with Crippen molar-refractivity contribution in [2.75, 3.05) is 6.61 Å². The van der Waals surface area contributed by atoms with Gasteiger partial charge in [-0.15, -0.1) is 0 Å². The molecule has 1 aliphatic carbocycles. The Labute approximate surface area is 52.7 Å². The Bertz CT molecular complexity index is 87.1. The Morgan fingerprint density at radius 2 is 1.67 bits per heavy atom. The van der Waals surface area contributed by atoms with Crippen molar-refractivity contribution >= 4 is 0 Å². The largest absolute Gasteiger partial charge is 0.396 e. The van der Waals surface area contributed by atoms with Crippen molar-refractivity contribution in [2.24, 2.45) is 5.92 Å². The Morgan fingerprint density at radius 1 is 1.22 bits per heavy atom. The van der Waals surface area contributed by atoms with E-state index in [1.807, 2.05) is 0 Å². The third kappa shape index (κ3) is 1.39. The molecule has 3 atom stereocenters. The van der Waals surface area contributed by atoms with Crippen LogP contribution in [0.3, 0.4) is 0 Å². The van der Waals surface area contributed by atoms with E-state index in [1.165, 1.54) is 0 Å². The topological polar surface area (TPSA) is 20.2 Å². The summed E-state index contributed by atoms with van der Waals surface area (Å²) in [6, 6.07) is 0. The van der Waals surface area contributed by atoms with Gasteiger partial charge in [-0.25, -0.2) is 8.78 Å². The summed E-state index contributed by atoms with van der Waals surface area (Å²) in [6.07, 6.45) is -2.28. The van der Waals surface area contributed by atoms with Crippen LogP contribution in [0.25, 0.3) is 0 Å². The molecule has 1 nitrogen and oxygen atoms in total. The van der Waals surface area contributed by atoms with Gasteiger partial charge >= 0.3 is 0 Å². The van der Waals surface area contributed by atoms with Gasteiger partial charge in [-0.3, -0.25) is 0 Å². The van der Waals surface area contributed by atoms with Gasteiger partial charge in [0.15, 0.2) is 0 Å². The predicted molar refractivity (Wildman–Crippen MR) is 29.6 cm³/mol. The zero-order valence-corrected chi connectivity index (χ0v) is 5.06. The van der Waals surface area contributed by atoms with E-state index in [9.17, 15) is 8.78 Å². The van der Waals surface area contributed by atoms with Crippen LogP contribution in [0.5, 0.6) is 0 Å². The second-order valence-electron chi connectivity index (χ2n) is 2.55. The Morgan fingerprint density at radius 3 is 1.89 bits per heavy atom. The summed E-state index contributed by atoms with van der Waals surface area (Å²) in [7, 11) is 0. The summed E-state index contributed by atoms with van der Waals surface area (Å²) >= 11 is 0. The summed E-state index contributed by atoms with van der Waals surface area (Å²) in [5.41, 5.74) is 0. The molecule has 3 heteroatoms. The van der Waals surface area contributed by atoms with Crippen LogP contribution in [0, 0.1) is 5.92 Å². The lowest BCUT2D eigenvalue weighted by Gasteiger charge is -1.99. The van der Waals surface area contributed by atoms with Crippen LogP contribution in [0.15, 0.2) is 0 Å². The van der Waals surface area contributed by atoms with Crippen molar-refractivity contribution in [1.29, 1.82) is 0 Å². The highest BCUT2D eigenvalue weighted by molar-refractivity contribution is 4.82. The summed E-state index contributed by atoms with van der Waals surface area (Å²) in [4.78, 5) is 0. The molecule has 0 aromatic carbocycles. The first-order valence-electron chi connectivity index (χ1n) is 3.13. The molecule has 0 bridgehead atoms. The molecule has 0 aromatic heterocycles. The average molecular weight is 136 g/mol. The van der Waals surface area contributed by atoms with E-state index >= 15 is 0 Å². The van der Waals surface area contributed by atoms with Crippen LogP contribution in [0.4, 0.5) is 8.78 Å². The maximum atomic E-state index is 12.3. The van der Waals surface area contributed by atoms with Crippen LogP contribution in [0.2, 0.25) is 0 Å². The van der Waals surface area contributed by atoms with Crippen LogP contribution in [-0.2, 0) is 0 Å². The molecule has 0 spiro atoms. The molecule has 0 aliphatic heterocycles. The number of aliphatic hydroxyl groups is 1. The fraction of sp³-hybridized carbons (Fsp3) is 1.00. The maximum Gasteiger partial charge on any atom is 0.132 e. The zero-order chi connectivity index (χ0) is 6.85. The van der Waals surface area contributed by atoms with E-state index in [1.54, 1.807) is 0 Å². The van der Waals surface area contributed by atoms with Crippen molar-refractivity contribution in [3.8, 4) is 0 Å². The summed E-state index contributed by atoms with van der Waals surface area (Å²) in [5.74, 6) is -0.144. The number of rotatable bonds is 1. The van der Waals surface area contributed by atoms with Crippen LogP contribution < -0.4 is 0 Å². The molecule has 54 valence electrons. The first-order chi connectivity index (χ1) is 4.24. The molecule has 9 heavy (non-hydrogen) atoms. The zero-order valence-electron chi connectivity index (χ0n) is 5.06. The lowest BCUT2D eigenvalue weighted by molar-refractivity contribution is 0.199. The van der Waals surface area contributed by atoms with Gasteiger partial charge < -0.3 is 5.11 Å². The molecule has 0 unspecified atom stereocenters. The third-order valence-electron chi connectivity index (χ3n) is 1.77. The van der Waals surface area contributed by atoms with Gasteiger partial charge in [-0.05, 0) is 18.8 Å². The van der Waals surface area contributed by atoms with E-state index < -0.39 is 12.3 Å². The van der Waals surface area contributed by atoms with Crippen molar-refractivity contribution in [3.05, 3.63) is 0 Å². The Balaban J connectivity index is 2.35. The standard InChI is InChI=1S/C6H10F2O/c7-5-1-4(3-9)2-6(5)8/h4-6,9H,1-3H2/t4-,5-,6+. The van der Waals surface area contributed by atoms with Crippen molar-refractivity contribution < 1.29 is 13.9 Å². The van der Waals surface area contributed by atoms with Crippen LogP contribution >= 0.6 is 0 Å². The van der Waals surface area contributed by atoms with E-state index in [2.05, 4.69) is 0 Å². The normalized spacial score (nSPS) is 43.7. The number of hydrogen-bond acceptors (Lipinski definition) is 1. The molecule has 0 aromatic rings. The van der Waals surface area contributed by atoms with Gasteiger partial charge in [0.1, 0.15) is 12.3 Å². The first kappa shape index (κ1) is 6.93. The smallest absolute Gasteiger partial charge is 0.132 e. The molecule has 0 amide bonds. The van der Waals surface area contributed by atoms with E-state index in [0.717, 1.165) is 0 Å². The predicted octanol–water partition coefficient (Wildman–Crippen LogP) is 1.06. The lowest BCUT2D eigenvalue weighted by atomic mass is 10.1. The number of hydrogen-bond donors (Lipinski definition) is 1. The molecule has 0 heterocycles. The van der Waals surface area contributed by atoms with Gasteiger partial charge in [0.2, 0.25) is 0 Å². The Kier molecular flexibility index (Phi) is 2.01. The summed E-state index contributed by atoms with van der Waals surface area (Å²) < 4.78 is 24.5. The van der Waals surface area contributed by atoms with Gasteiger partial charge in [-0.2, -0.15) is 0 Å². The quantitative estimate of drug-likeness (QED) is 0.571. The van der Waals surface area contributed by atoms with E-state index in [-0.39, 0.29) is 25.4 Å². The van der Waals surface area contributed by atoms with E-state index in [4.69, 9.17) is 5.11 Å². The minimum Gasteiger partial charge on any atom is -0.396 e. The summed E-state index contributed by atoms with van der Waals surface area (Å²) in [6.45, 7) is -0.0825. The molecule has 1 saturated carbocycles. The van der Waals surface area contributed by atoms with Crippen molar-refractivity contribution in [2.45, 2.75) is 25.2 Å². The van der Waals surface area contributed by atoms with E-state index in [0.29, 0.717) is 0 Å². The lowest BCUT2D eigenvalue weighted by Crippen LogP contribution is -2.06. The maximum absolute atomic E-state index is 12.3. The average Bonchev–Trinajstić information content (AvgIpc) is 2.13. The second kappa shape index (κ2) is 2.60. The monoisotopic (exact) mass is 136 g/mol. The molecular weight excluding hydrogens is 126 g/mol. The Hall–Kier alpha value is -0.180. The van der Waals surface area contributed by atoms with Gasteiger partial charge in [0, 0.05) is 6.61 Å². The highest BCUT2D eigenvalue weighted by Gasteiger charge is 2.33.